The Kier molecular flexibility index (Phi) is 5.17. The summed E-state index contributed by atoms with van der Waals surface area (Å²) in [5, 5.41) is 12.5. The summed E-state index contributed by atoms with van der Waals surface area (Å²) in [4.78, 5) is 20.3. The molecule has 126 valence electrons. The highest BCUT2D eigenvalue weighted by Gasteiger charge is 2.08. The molecule has 0 saturated heterocycles. The Morgan fingerprint density at radius 1 is 1.33 bits per heavy atom. The van der Waals surface area contributed by atoms with Crippen LogP contribution < -0.4 is 14.5 Å². The first-order valence-corrected chi connectivity index (χ1v) is 9.05. The van der Waals surface area contributed by atoms with Gasteiger partial charge < -0.3 is 14.7 Å². The lowest BCUT2D eigenvalue weighted by molar-refractivity contribution is 0.326. The summed E-state index contributed by atoms with van der Waals surface area (Å²) in [7, 11) is 1.99. The number of H-pyrrole nitrogens is 1. The Labute approximate surface area is 147 Å². The molecule has 0 saturated carbocycles. The molecule has 0 spiro atoms. The van der Waals surface area contributed by atoms with Crippen molar-refractivity contribution in [2.75, 3.05) is 25.1 Å². The first-order valence-electron chi connectivity index (χ1n) is 7.35. The van der Waals surface area contributed by atoms with E-state index in [0.717, 1.165) is 34.3 Å². The molecule has 0 fully saturated rings. The van der Waals surface area contributed by atoms with Crippen molar-refractivity contribution in [2.24, 2.45) is 0 Å². The van der Waals surface area contributed by atoms with E-state index >= 15 is 0 Å². The second-order valence-corrected chi connectivity index (χ2v) is 7.13. The lowest BCUT2D eigenvalue weighted by Gasteiger charge is -2.16. The van der Waals surface area contributed by atoms with Crippen molar-refractivity contribution >= 4 is 27.8 Å². The monoisotopic (exact) mass is 363 g/mol. The minimum atomic E-state index is -0.244. The Morgan fingerprint density at radius 3 is 2.75 bits per heavy atom. The Balaban J connectivity index is 1.51. The first kappa shape index (κ1) is 16.5. The zero-order chi connectivity index (χ0) is 16.9. The third-order valence-electron chi connectivity index (χ3n) is 3.43. The van der Waals surface area contributed by atoms with Crippen molar-refractivity contribution in [3.63, 3.8) is 0 Å². The van der Waals surface area contributed by atoms with Crippen LogP contribution in [-0.4, -0.2) is 35.3 Å². The van der Waals surface area contributed by atoms with Crippen LogP contribution in [0.15, 0.2) is 40.6 Å². The summed E-state index contributed by atoms with van der Waals surface area (Å²) in [5.41, 5.74) is 1.01. The predicted octanol–water partition coefficient (Wildman–Crippen LogP) is 2.70. The lowest BCUT2D eigenvalue weighted by atomic mass is 10.1. The van der Waals surface area contributed by atoms with Crippen LogP contribution in [0, 0.1) is 0 Å². The molecule has 2 N–H and O–H groups in total. The number of thiazole rings is 2. The van der Waals surface area contributed by atoms with Crippen molar-refractivity contribution in [3.8, 4) is 11.6 Å². The molecular formula is C16H17N3O3S2. The standard InChI is InChI=1S/C16H17N3O3S2/c1-19(15-17-6-9-23-15)7-8-22-12-4-2-11(3-5-12)10-13-14(20)18-16(21)24-13/h2-6,9,20H,7-8,10H2,1H3,(H,18,21). The maximum atomic E-state index is 11.2. The molecule has 6 nitrogen and oxygen atoms in total. The van der Waals surface area contributed by atoms with Gasteiger partial charge in [-0.25, -0.2) is 4.98 Å². The van der Waals surface area contributed by atoms with Crippen molar-refractivity contribution in [1.82, 2.24) is 9.97 Å². The van der Waals surface area contributed by atoms with E-state index in [1.165, 1.54) is 0 Å². The number of nitrogens with one attached hydrogen (secondary N) is 1. The van der Waals surface area contributed by atoms with Crippen molar-refractivity contribution in [3.05, 3.63) is 56.0 Å². The number of aromatic nitrogens is 2. The number of aromatic hydroxyl groups is 1. The van der Waals surface area contributed by atoms with Gasteiger partial charge in [0.1, 0.15) is 12.4 Å². The van der Waals surface area contributed by atoms with Crippen molar-refractivity contribution in [2.45, 2.75) is 6.42 Å². The number of ether oxygens (including phenoxy) is 1. The molecule has 0 radical (unpaired) electrons. The number of aromatic amines is 1. The molecule has 2 aromatic heterocycles. The molecule has 8 heteroatoms. The first-order chi connectivity index (χ1) is 11.6. The summed E-state index contributed by atoms with van der Waals surface area (Å²) in [6.45, 7) is 1.32. The van der Waals surface area contributed by atoms with E-state index in [0.29, 0.717) is 17.9 Å². The van der Waals surface area contributed by atoms with Crippen molar-refractivity contribution in [1.29, 1.82) is 0 Å². The van der Waals surface area contributed by atoms with Crippen molar-refractivity contribution < 1.29 is 9.84 Å². The second kappa shape index (κ2) is 7.50. The van der Waals surface area contributed by atoms with Gasteiger partial charge in [-0.15, -0.1) is 11.3 Å². The largest absolute Gasteiger partial charge is 0.494 e. The highest BCUT2D eigenvalue weighted by Crippen LogP contribution is 2.22. The maximum Gasteiger partial charge on any atom is 0.307 e. The smallest absolute Gasteiger partial charge is 0.307 e. The number of anilines is 1. The van der Waals surface area contributed by atoms with Crippen LogP contribution in [-0.2, 0) is 6.42 Å². The summed E-state index contributed by atoms with van der Waals surface area (Å²) < 4.78 is 5.74. The third kappa shape index (κ3) is 4.15. The average molecular weight is 363 g/mol. The van der Waals surface area contributed by atoms with Gasteiger partial charge in [-0.1, -0.05) is 23.5 Å². The molecule has 2 heterocycles. The van der Waals surface area contributed by atoms with E-state index in [2.05, 4.69) is 14.9 Å². The van der Waals surface area contributed by atoms with Gasteiger partial charge in [-0.05, 0) is 17.7 Å². The minimum absolute atomic E-state index is 0.0458. The van der Waals surface area contributed by atoms with Gasteiger partial charge >= 0.3 is 4.87 Å². The molecule has 0 aliphatic carbocycles. The van der Waals surface area contributed by atoms with E-state index < -0.39 is 0 Å². The van der Waals surface area contributed by atoms with Crippen LogP contribution in [0.4, 0.5) is 5.13 Å². The van der Waals surface area contributed by atoms with E-state index in [4.69, 9.17) is 4.74 Å². The molecule has 24 heavy (non-hydrogen) atoms. The number of hydrogen-bond donors (Lipinski definition) is 2. The minimum Gasteiger partial charge on any atom is -0.494 e. The summed E-state index contributed by atoms with van der Waals surface area (Å²) in [5.74, 6) is 0.744. The Morgan fingerprint density at radius 2 is 2.12 bits per heavy atom. The lowest BCUT2D eigenvalue weighted by Crippen LogP contribution is -2.23. The number of rotatable bonds is 7. The van der Waals surface area contributed by atoms with Gasteiger partial charge in [0.2, 0.25) is 5.88 Å². The fourth-order valence-electron chi connectivity index (χ4n) is 2.16. The SMILES string of the molecule is CN(CCOc1ccc(Cc2sc(=O)[nH]c2O)cc1)c1nccs1. The molecule has 0 atom stereocenters. The zero-order valence-electron chi connectivity index (χ0n) is 13.1. The highest BCUT2D eigenvalue weighted by molar-refractivity contribution is 7.13. The van der Waals surface area contributed by atoms with Gasteiger partial charge in [0, 0.05) is 25.0 Å². The van der Waals surface area contributed by atoms with E-state index in [-0.39, 0.29) is 10.8 Å². The third-order valence-corrected chi connectivity index (χ3v) is 5.19. The molecular weight excluding hydrogens is 346 g/mol. The Hall–Kier alpha value is -2.32. The molecule has 3 rings (SSSR count). The summed E-state index contributed by atoms with van der Waals surface area (Å²) in [6, 6.07) is 7.66. The van der Waals surface area contributed by atoms with E-state index in [1.54, 1.807) is 17.5 Å². The molecule has 0 amide bonds. The quantitative estimate of drug-likeness (QED) is 0.675. The maximum absolute atomic E-state index is 11.2. The van der Waals surface area contributed by atoms with Gasteiger partial charge in [0.15, 0.2) is 5.13 Å². The molecule has 0 bridgehead atoms. The van der Waals surface area contributed by atoms with Crippen LogP contribution in [0.1, 0.15) is 10.4 Å². The fourth-order valence-corrected chi connectivity index (χ4v) is 3.56. The number of benzene rings is 1. The predicted molar refractivity (Wildman–Crippen MR) is 96.7 cm³/mol. The molecule has 0 aliphatic heterocycles. The molecule has 3 aromatic rings. The van der Waals surface area contributed by atoms with Gasteiger partial charge in [-0.2, -0.15) is 0 Å². The number of likely N-dealkylation sites (N-methyl/N-ethyl adjacent to an activating group) is 1. The van der Waals surface area contributed by atoms with Crippen LogP contribution in [0.25, 0.3) is 0 Å². The molecule has 0 unspecified atom stereocenters. The van der Waals surface area contributed by atoms with Crippen LogP contribution in [0.5, 0.6) is 11.6 Å². The van der Waals surface area contributed by atoms with Crippen LogP contribution in [0.3, 0.4) is 0 Å². The topological polar surface area (TPSA) is 78.5 Å². The van der Waals surface area contributed by atoms with E-state index in [1.807, 2.05) is 36.7 Å². The summed E-state index contributed by atoms with van der Waals surface area (Å²) >= 11 is 2.62. The summed E-state index contributed by atoms with van der Waals surface area (Å²) in [6.07, 6.45) is 2.30. The normalized spacial score (nSPS) is 10.7. The van der Waals surface area contributed by atoms with Crippen LogP contribution in [0.2, 0.25) is 0 Å². The average Bonchev–Trinajstić information content (AvgIpc) is 3.19. The van der Waals surface area contributed by atoms with Gasteiger partial charge in [-0.3, -0.25) is 9.78 Å². The van der Waals surface area contributed by atoms with E-state index in [9.17, 15) is 9.90 Å². The van der Waals surface area contributed by atoms with Gasteiger partial charge in [0.05, 0.1) is 11.4 Å². The van der Waals surface area contributed by atoms with Gasteiger partial charge in [0.25, 0.3) is 0 Å². The Bertz CT molecular complexity index is 825. The number of hydrogen-bond acceptors (Lipinski definition) is 7. The molecule has 1 aromatic carbocycles. The number of nitrogens with zero attached hydrogens (tertiary/aromatic N) is 2. The molecule has 0 aliphatic rings. The highest BCUT2D eigenvalue weighted by atomic mass is 32.1. The van der Waals surface area contributed by atoms with Crippen LogP contribution >= 0.6 is 22.7 Å². The zero-order valence-corrected chi connectivity index (χ0v) is 14.7. The fraction of sp³-hybridized carbons (Fsp3) is 0.250. The second-order valence-electron chi connectivity index (χ2n) is 5.19.